The molecule has 0 aromatic heterocycles. The molecule has 0 rings (SSSR count). The first-order valence-corrected chi connectivity index (χ1v) is 26.4. The third-order valence-electron chi connectivity index (χ3n) is 12.3. The average molecular weight is 834 g/mol. The highest BCUT2D eigenvalue weighted by Gasteiger charge is 2.24. The third kappa shape index (κ3) is 43.1. The summed E-state index contributed by atoms with van der Waals surface area (Å²) in [5.74, 6) is -0.465. The van der Waals surface area contributed by atoms with Crippen LogP contribution in [0.5, 0.6) is 0 Å². The van der Waals surface area contributed by atoms with Crippen molar-refractivity contribution in [2.24, 2.45) is 0 Å². The second-order valence-electron chi connectivity index (χ2n) is 18.3. The van der Waals surface area contributed by atoms with Crippen LogP contribution in [0.3, 0.4) is 0 Å². The Morgan fingerprint density at radius 3 is 1.22 bits per heavy atom. The first kappa shape index (κ1) is 57.6. The maximum Gasteiger partial charge on any atom is 0.306 e. The molecular weight excluding hydrogens is 731 g/mol. The number of allylic oxidation sites excluding steroid dienone is 2. The maximum atomic E-state index is 13.2. The predicted octanol–water partition coefficient (Wildman–Crippen LogP) is 15.7. The second-order valence-corrected chi connectivity index (χ2v) is 18.3. The predicted molar refractivity (Wildman–Crippen MR) is 255 cm³/mol. The first-order valence-electron chi connectivity index (χ1n) is 26.4. The fraction of sp³-hybridized carbons (Fsp3) is 0.925. The van der Waals surface area contributed by atoms with Crippen LogP contribution in [-0.2, 0) is 14.3 Å². The summed E-state index contributed by atoms with van der Waals surface area (Å²) in [5.41, 5.74) is 0. The number of hydrogen-bond acceptors (Lipinski definition) is 5. The van der Waals surface area contributed by atoms with Crippen LogP contribution in [0, 0.1) is 0 Å². The van der Waals surface area contributed by atoms with Crippen molar-refractivity contribution >= 4 is 11.9 Å². The number of hydrogen-bond donors (Lipinski definition) is 3. The molecule has 0 radical (unpaired) electrons. The van der Waals surface area contributed by atoms with Crippen molar-refractivity contribution in [2.75, 3.05) is 6.61 Å². The van der Waals surface area contributed by atoms with E-state index in [2.05, 4.69) is 38.2 Å². The monoisotopic (exact) mass is 834 g/mol. The molecular formula is C53H103NO5. The highest BCUT2D eigenvalue weighted by Crippen LogP contribution is 2.18. The van der Waals surface area contributed by atoms with E-state index in [1.54, 1.807) is 0 Å². The maximum absolute atomic E-state index is 13.2. The second kappa shape index (κ2) is 47.6. The van der Waals surface area contributed by atoms with E-state index >= 15 is 0 Å². The molecule has 59 heavy (non-hydrogen) atoms. The molecule has 0 heterocycles. The van der Waals surface area contributed by atoms with Crippen LogP contribution < -0.4 is 5.32 Å². The van der Waals surface area contributed by atoms with Gasteiger partial charge in [-0.15, -0.1) is 0 Å². The zero-order valence-corrected chi connectivity index (χ0v) is 39.9. The Hall–Kier alpha value is -1.40. The summed E-state index contributed by atoms with van der Waals surface area (Å²) in [6, 6.07) is -0.696. The van der Waals surface area contributed by atoms with E-state index in [9.17, 15) is 19.8 Å². The fourth-order valence-electron chi connectivity index (χ4n) is 8.31. The van der Waals surface area contributed by atoms with E-state index in [-0.39, 0.29) is 24.9 Å². The van der Waals surface area contributed by atoms with Crippen LogP contribution >= 0.6 is 0 Å². The molecule has 0 aliphatic carbocycles. The Bertz CT molecular complexity index is 893. The van der Waals surface area contributed by atoms with Gasteiger partial charge < -0.3 is 20.3 Å². The van der Waals surface area contributed by atoms with Crippen molar-refractivity contribution in [1.29, 1.82) is 0 Å². The number of aliphatic hydroxyl groups is 2. The van der Waals surface area contributed by atoms with Gasteiger partial charge in [-0.25, -0.2) is 0 Å². The van der Waals surface area contributed by atoms with Gasteiger partial charge in [0.05, 0.1) is 25.2 Å². The summed E-state index contributed by atoms with van der Waals surface area (Å²) in [6.07, 6.45) is 52.8. The topological polar surface area (TPSA) is 95.9 Å². The van der Waals surface area contributed by atoms with Crippen molar-refractivity contribution in [2.45, 2.75) is 309 Å². The normalized spacial score (nSPS) is 13.2. The number of esters is 1. The van der Waals surface area contributed by atoms with Gasteiger partial charge in [-0.2, -0.15) is 0 Å². The van der Waals surface area contributed by atoms with Gasteiger partial charge in [0.15, 0.2) is 0 Å². The smallest absolute Gasteiger partial charge is 0.306 e. The lowest BCUT2D eigenvalue weighted by atomic mass is 10.0. The molecule has 0 spiro atoms. The first-order chi connectivity index (χ1) is 29.0. The van der Waals surface area contributed by atoms with Crippen molar-refractivity contribution < 1.29 is 24.5 Å². The minimum absolute atomic E-state index is 0.0785. The number of nitrogens with one attached hydrogen (secondary N) is 1. The van der Waals surface area contributed by atoms with Gasteiger partial charge in [0, 0.05) is 6.42 Å². The van der Waals surface area contributed by atoms with Gasteiger partial charge in [0.25, 0.3) is 0 Å². The number of aliphatic hydroxyl groups excluding tert-OH is 2. The summed E-state index contributed by atoms with van der Waals surface area (Å²) < 4.78 is 5.94. The molecule has 0 fully saturated rings. The minimum atomic E-state index is -0.782. The number of carbonyl (C=O) groups is 2. The van der Waals surface area contributed by atoms with Crippen LogP contribution in [0.15, 0.2) is 12.2 Å². The van der Waals surface area contributed by atoms with Crippen molar-refractivity contribution in [3.05, 3.63) is 12.2 Å². The number of unbranched alkanes of at least 4 members (excludes halogenated alkanes) is 34. The molecule has 0 aromatic rings. The van der Waals surface area contributed by atoms with Gasteiger partial charge >= 0.3 is 5.97 Å². The molecule has 3 N–H and O–H groups in total. The zero-order chi connectivity index (χ0) is 43.1. The van der Waals surface area contributed by atoms with Gasteiger partial charge in [0.2, 0.25) is 5.91 Å². The molecule has 3 unspecified atom stereocenters. The van der Waals surface area contributed by atoms with E-state index in [0.29, 0.717) is 19.3 Å². The fourth-order valence-corrected chi connectivity index (χ4v) is 8.31. The molecule has 6 heteroatoms. The van der Waals surface area contributed by atoms with Gasteiger partial charge in [-0.1, -0.05) is 238 Å². The molecule has 0 saturated heterocycles. The minimum Gasteiger partial charge on any atom is -0.462 e. The van der Waals surface area contributed by atoms with Crippen molar-refractivity contribution in [3.63, 3.8) is 0 Å². The Morgan fingerprint density at radius 1 is 0.475 bits per heavy atom. The molecule has 0 aromatic carbocycles. The summed E-state index contributed by atoms with van der Waals surface area (Å²) >= 11 is 0. The standard InChI is InChI=1S/C53H103NO5/c1-4-7-10-13-16-19-21-23-24-25-26-27-29-31-34-37-40-43-46-53(58)59-49(44-41-38-35-33-30-28-22-20-17-14-11-8-5-2)47-52(57)54-50(48-55)51(56)45-42-39-36-32-18-15-12-9-6-3/h20,22,49-51,55-56H,4-19,21,23-48H2,1-3H3,(H,54,57)/b22-20-. The molecule has 0 aliphatic rings. The van der Waals surface area contributed by atoms with Crippen LogP contribution in [0.4, 0.5) is 0 Å². The highest BCUT2D eigenvalue weighted by molar-refractivity contribution is 5.77. The quantitative estimate of drug-likeness (QED) is 0.0322. The summed E-state index contributed by atoms with van der Waals surface area (Å²) in [6.45, 7) is 6.47. The van der Waals surface area contributed by atoms with E-state index in [1.807, 2.05) is 0 Å². The summed E-state index contributed by atoms with van der Waals surface area (Å²) in [4.78, 5) is 26.1. The van der Waals surface area contributed by atoms with Crippen LogP contribution in [0.1, 0.15) is 290 Å². The number of rotatable bonds is 48. The summed E-state index contributed by atoms with van der Waals surface area (Å²) in [5, 5.41) is 23.7. The molecule has 6 nitrogen and oxygen atoms in total. The van der Waals surface area contributed by atoms with Crippen molar-refractivity contribution in [3.8, 4) is 0 Å². The van der Waals surface area contributed by atoms with E-state index in [4.69, 9.17) is 4.74 Å². The molecule has 3 atom stereocenters. The Balaban J connectivity index is 4.47. The van der Waals surface area contributed by atoms with E-state index in [0.717, 1.165) is 64.2 Å². The number of amides is 1. The van der Waals surface area contributed by atoms with Crippen molar-refractivity contribution in [1.82, 2.24) is 5.32 Å². The number of carbonyl (C=O) groups excluding carboxylic acids is 2. The van der Waals surface area contributed by atoms with E-state index < -0.39 is 18.2 Å². The Kier molecular flexibility index (Phi) is 46.5. The molecule has 1 amide bonds. The van der Waals surface area contributed by atoms with Gasteiger partial charge in [-0.3, -0.25) is 9.59 Å². The highest BCUT2D eigenvalue weighted by atomic mass is 16.5. The lowest BCUT2D eigenvalue weighted by Crippen LogP contribution is -2.46. The zero-order valence-electron chi connectivity index (χ0n) is 39.9. The SMILES string of the molecule is CCCCCC/C=C\CCCCCCCC(CC(=O)NC(CO)C(O)CCCCCCCCCCC)OC(=O)CCCCCCCCCCCCCCCCCCCC. The molecule has 0 aliphatic heterocycles. The lowest BCUT2D eigenvalue weighted by Gasteiger charge is -2.24. The Morgan fingerprint density at radius 2 is 0.814 bits per heavy atom. The average Bonchev–Trinajstić information content (AvgIpc) is 3.23. The van der Waals surface area contributed by atoms with Crippen LogP contribution in [0.2, 0.25) is 0 Å². The van der Waals surface area contributed by atoms with E-state index in [1.165, 1.54) is 180 Å². The van der Waals surface area contributed by atoms with Crippen LogP contribution in [0.25, 0.3) is 0 Å². The van der Waals surface area contributed by atoms with Gasteiger partial charge in [-0.05, 0) is 51.4 Å². The lowest BCUT2D eigenvalue weighted by molar-refractivity contribution is -0.151. The molecule has 0 bridgehead atoms. The van der Waals surface area contributed by atoms with Crippen LogP contribution in [-0.4, -0.2) is 46.9 Å². The van der Waals surface area contributed by atoms with Gasteiger partial charge in [0.1, 0.15) is 6.10 Å². The summed E-state index contributed by atoms with van der Waals surface area (Å²) in [7, 11) is 0. The molecule has 0 saturated carbocycles. The molecule has 350 valence electrons. The Labute approximate surface area is 368 Å². The third-order valence-corrected chi connectivity index (χ3v) is 12.3. The largest absolute Gasteiger partial charge is 0.462 e. The number of ether oxygens (including phenoxy) is 1.